The number of hydrogen-bond donors (Lipinski definition) is 3. The monoisotopic (exact) mass is 263 g/mol. The molecule has 5 nitrogen and oxygen atoms in total. The van der Waals surface area contributed by atoms with Crippen molar-refractivity contribution in [2.24, 2.45) is 5.92 Å². The molecular weight excluding hydrogens is 242 g/mol. The van der Waals surface area contributed by atoms with Gasteiger partial charge < -0.3 is 15.7 Å². The fourth-order valence-electron chi connectivity index (χ4n) is 2.40. The number of aliphatic hydroxyl groups excluding tert-OH is 1. The third kappa shape index (κ3) is 4.52. The third-order valence-electron chi connectivity index (χ3n) is 3.60. The van der Waals surface area contributed by atoms with Gasteiger partial charge in [0.1, 0.15) is 0 Å². The minimum atomic E-state index is -0.141. The van der Waals surface area contributed by atoms with Gasteiger partial charge in [-0.3, -0.25) is 4.98 Å². The normalized spacial score (nSPS) is 22.8. The van der Waals surface area contributed by atoms with Crippen LogP contribution in [0.5, 0.6) is 0 Å². The van der Waals surface area contributed by atoms with Gasteiger partial charge in [-0.15, -0.1) is 0 Å². The lowest BCUT2D eigenvalue weighted by atomic mass is 9.87. The first-order chi connectivity index (χ1) is 9.28. The molecule has 1 aromatic rings. The Balaban J connectivity index is 1.67. The van der Waals surface area contributed by atoms with Gasteiger partial charge in [0.25, 0.3) is 0 Å². The number of carbonyl (C=O) groups excluding carboxylic acids is 1. The first-order valence-electron chi connectivity index (χ1n) is 6.83. The molecular formula is C14H21N3O2. The van der Waals surface area contributed by atoms with E-state index in [1.54, 1.807) is 6.20 Å². The second-order valence-electron chi connectivity index (χ2n) is 5.05. The predicted molar refractivity (Wildman–Crippen MR) is 72.4 cm³/mol. The maximum absolute atomic E-state index is 11.7. The number of nitrogens with zero attached hydrogens (tertiary/aromatic N) is 1. The van der Waals surface area contributed by atoms with E-state index in [4.69, 9.17) is 5.11 Å². The summed E-state index contributed by atoms with van der Waals surface area (Å²) in [5, 5.41) is 14.8. The van der Waals surface area contributed by atoms with Gasteiger partial charge in [0.05, 0.1) is 12.2 Å². The van der Waals surface area contributed by atoms with E-state index < -0.39 is 0 Å². The molecule has 5 heteroatoms. The molecule has 1 aliphatic carbocycles. The van der Waals surface area contributed by atoms with E-state index >= 15 is 0 Å². The van der Waals surface area contributed by atoms with E-state index in [0.29, 0.717) is 12.5 Å². The zero-order chi connectivity index (χ0) is 13.5. The van der Waals surface area contributed by atoms with E-state index in [9.17, 15) is 4.79 Å². The largest absolute Gasteiger partial charge is 0.396 e. The number of aliphatic hydroxyl groups is 1. The van der Waals surface area contributed by atoms with Crippen molar-refractivity contribution in [2.45, 2.75) is 38.3 Å². The predicted octanol–water partition coefficient (Wildman–Crippen LogP) is 1.43. The molecule has 0 bridgehead atoms. The molecule has 0 unspecified atom stereocenters. The van der Waals surface area contributed by atoms with Gasteiger partial charge in [0, 0.05) is 18.8 Å². The average Bonchev–Trinajstić information content (AvgIpc) is 2.47. The zero-order valence-corrected chi connectivity index (χ0v) is 11.0. The molecule has 2 amide bonds. The van der Waals surface area contributed by atoms with Crippen LogP contribution in [0.2, 0.25) is 0 Å². The minimum Gasteiger partial charge on any atom is -0.396 e. The van der Waals surface area contributed by atoms with Crippen molar-refractivity contribution >= 4 is 6.03 Å². The summed E-state index contributed by atoms with van der Waals surface area (Å²) in [6, 6.07) is 5.72. The lowest BCUT2D eigenvalue weighted by Gasteiger charge is -2.27. The van der Waals surface area contributed by atoms with Gasteiger partial charge >= 0.3 is 6.03 Å². The number of aromatic nitrogens is 1. The summed E-state index contributed by atoms with van der Waals surface area (Å²) in [4.78, 5) is 15.9. The summed E-state index contributed by atoms with van der Waals surface area (Å²) in [7, 11) is 0. The Morgan fingerprint density at radius 2 is 2.11 bits per heavy atom. The highest BCUT2D eigenvalue weighted by molar-refractivity contribution is 5.74. The molecule has 1 aliphatic rings. The number of pyridine rings is 1. The summed E-state index contributed by atoms with van der Waals surface area (Å²) in [6.07, 6.45) is 5.58. The highest BCUT2D eigenvalue weighted by atomic mass is 16.3. The molecule has 104 valence electrons. The quantitative estimate of drug-likeness (QED) is 0.769. The van der Waals surface area contributed by atoms with Gasteiger partial charge in [-0.25, -0.2) is 4.79 Å². The van der Waals surface area contributed by atoms with E-state index in [2.05, 4.69) is 15.6 Å². The van der Waals surface area contributed by atoms with Crippen molar-refractivity contribution in [1.29, 1.82) is 0 Å². The Kier molecular flexibility index (Phi) is 5.15. The molecule has 0 aliphatic heterocycles. The topological polar surface area (TPSA) is 74.2 Å². The van der Waals surface area contributed by atoms with Gasteiger partial charge in [0.2, 0.25) is 0 Å². The SMILES string of the molecule is O=C(NCc1ccccn1)NC1CCC(CO)CC1. The Morgan fingerprint density at radius 3 is 2.74 bits per heavy atom. The van der Waals surface area contributed by atoms with Crippen molar-refractivity contribution in [3.05, 3.63) is 30.1 Å². The smallest absolute Gasteiger partial charge is 0.315 e. The maximum Gasteiger partial charge on any atom is 0.315 e. The summed E-state index contributed by atoms with van der Waals surface area (Å²) < 4.78 is 0. The lowest BCUT2D eigenvalue weighted by Crippen LogP contribution is -2.43. The summed E-state index contributed by atoms with van der Waals surface area (Å²) in [5.74, 6) is 0.412. The Labute approximate surface area is 113 Å². The van der Waals surface area contributed by atoms with Crippen LogP contribution in [0.25, 0.3) is 0 Å². The summed E-state index contributed by atoms with van der Waals surface area (Å²) in [6.45, 7) is 0.706. The van der Waals surface area contributed by atoms with Crippen molar-refractivity contribution in [1.82, 2.24) is 15.6 Å². The van der Waals surface area contributed by atoms with Crippen LogP contribution in [0, 0.1) is 5.92 Å². The molecule has 0 atom stereocenters. The number of carbonyl (C=O) groups is 1. The van der Waals surface area contributed by atoms with Crippen molar-refractivity contribution < 1.29 is 9.90 Å². The molecule has 1 heterocycles. The van der Waals surface area contributed by atoms with Crippen LogP contribution in [-0.2, 0) is 6.54 Å². The standard InChI is InChI=1S/C14H21N3O2/c18-10-11-4-6-12(7-5-11)17-14(19)16-9-13-3-1-2-8-15-13/h1-3,8,11-12,18H,4-7,9-10H2,(H2,16,17,19). The number of amides is 2. The highest BCUT2D eigenvalue weighted by Crippen LogP contribution is 2.23. The van der Waals surface area contributed by atoms with Crippen LogP contribution in [-0.4, -0.2) is 28.8 Å². The molecule has 1 aromatic heterocycles. The number of urea groups is 1. The molecule has 0 spiro atoms. The second-order valence-corrected chi connectivity index (χ2v) is 5.05. The van der Waals surface area contributed by atoms with Crippen LogP contribution < -0.4 is 10.6 Å². The number of rotatable bonds is 4. The Bertz CT molecular complexity index is 389. The van der Waals surface area contributed by atoms with Gasteiger partial charge in [-0.05, 0) is 43.7 Å². The number of nitrogens with one attached hydrogen (secondary N) is 2. The Morgan fingerprint density at radius 1 is 1.32 bits per heavy atom. The Hall–Kier alpha value is -1.62. The van der Waals surface area contributed by atoms with Gasteiger partial charge in [0.15, 0.2) is 0 Å². The van der Waals surface area contributed by atoms with E-state index in [-0.39, 0.29) is 18.7 Å². The molecule has 0 saturated heterocycles. The van der Waals surface area contributed by atoms with E-state index in [1.807, 2.05) is 18.2 Å². The second kappa shape index (κ2) is 7.09. The fraction of sp³-hybridized carbons (Fsp3) is 0.571. The lowest BCUT2D eigenvalue weighted by molar-refractivity contribution is 0.174. The summed E-state index contributed by atoms with van der Waals surface area (Å²) in [5.41, 5.74) is 0.849. The van der Waals surface area contributed by atoms with Crippen LogP contribution in [0.3, 0.4) is 0 Å². The van der Waals surface area contributed by atoms with Gasteiger partial charge in [-0.1, -0.05) is 6.07 Å². The van der Waals surface area contributed by atoms with Crippen LogP contribution >= 0.6 is 0 Å². The molecule has 0 radical (unpaired) electrons. The van der Waals surface area contributed by atoms with Crippen molar-refractivity contribution in [3.8, 4) is 0 Å². The molecule has 2 rings (SSSR count). The van der Waals surface area contributed by atoms with E-state index in [1.165, 1.54) is 0 Å². The highest BCUT2D eigenvalue weighted by Gasteiger charge is 2.21. The minimum absolute atomic E-state index is 0.141. The fourth-order valence-corrected chi connectivity index (χ4v) is 2.40. The molecule has 0 aromatic carbocycles. The number of hydrogen-bond acceptors (Lipinski definition) is 3. The zero-order valence-electron chi connectivity index (χ0n) is 11.0. The first-order valence-corrected chi connectivity index (χ1v) is 6.83. The molecule has 19 heavy (non-hydrogen) atoms. The molecule has 1 saturated carbocycles. The van der Waals surface area contributed by atoms with Crippen molar-refractivity contribution in [3.63, 3.8) is 0 Å². The molecule has 3 N–H and O–H groups in total. The van der Waals surface area contributed by atoms with Crippen LogP contribution in [0.15, 0.2) is 24.4 Å². The molecule has 1 fully saturated rings. The maximum atomic E-state index is 11.7. The average molecular weight is 263 g/mol. The summed E-state index contributed by atoms with van der Waals surface area (Å²) >= 11 is 0. The van der Waals surface area contributed by atoms with Crippen LogP contribution in [0.1, 0.15) is 31.4 Å². The van der Waals surface area contributed by atoms with Crippen molar-refractivity contribution in [2.75, 3.05) is 6.61 Å². The third-order valence-corrected chi connectivity index (χ3v) is 3.60. The first kappa shape index (κ1) is 13.8. The van der Waals surface area contributed by atoms with E-state index in [0.717, 1.165) is 31.4 Å². The van der Waals surface area contributed by atoms with Gasteiger partial charge in [-0.2, -0.15) is 0 Å². The van der Waals surface area contributed by atoms with Crippen LogP contribution in [0.4, 0.5) is 4.79 Å².